The molecule has 0 radical (unpaired) electrons. The van der Waals surface area contributed by atoms with E-state index in [4.69, 9.17) is 4.74 Å². The standard InChI is InChI=1S/C21H25N5O4/c1-25(2)19(28)15-7-9-16(10-8-15)24-18(27)14-30-20(29)17-6-3-4-13-26(17)21-22-11-5-12-23-21/h5,7-12,17H,3-4,6,13-14H2,1-2H3,(H,24,27). The number of hydrogen-bond donors (Lipinski definition) is 1. The molecule has 0 saturated carbocycles. The zero-order valence-electron chi connectivity index (χ0n) is 17.1. The van der Waals surface area contributed by atoms with Crippen molar-refractivity contribution in [3.63, 3.8) is 0 Å². The third kappa shape index (κ3) is 5.31. The Kier molecular flexibility index (Phi) is 6.95. The smallest absolute Gasteiger partial charge is 0.329 e. The van der Waals surface area contributed by atoms with Crippen molar-refractivity contribution in [2.45, 2.75) is 25.3 Å². The van der Waals surface area contributed by atoms with Crippen LogP contribution in [0.3, 0.4) is 0 Å². The second-order valence-corrected chi connectivity index (χ2v) is 7.19. The number of amides is 2. The fourth-order valence-corrected chi connectivity index (χ4v) is 3.24. The van der Waals surface area contributed by atoms with Crippen molar-refractivity contribution < 1.29 is 19.1 Å². The summed E-state index contributed by atoms with van der Waals surface area (Å²) in [5, 5.41) is 2.66. The molecule has 1 N–H and O–H groups in total. The molecule has 1 aliphatic heterocycles. The molecule has 2 aromatic rings. The summed E-state index contributed by atoms with van der Waals surface area (Å²) in [6, 6.07) is 7.73. The van der Waals surface area contributed by atoms with Gasteiger partial charge >= 0.3 is 5.97 Å². The Hall–Kier alpha value is -3.49. The highest BCUT2D eigenvalue weighted by Gasteiger charge is 2.32. The molecule has 0 aliphatic carbocycles. The third-order valence-electron chi connectivity index (χ3n) is 4.75. The summed E-state index contributed by atoms with van der Waals surface area (Å²) in [4.78, 5) is 48.4. The summed E-state index contributed by atoms with van der Waals surface area (Å²) >= 11 is 0. The molecule has 158 valence electrons. The number of nitrogens with zero attached hydrogens (tertiary/aromatic N) is 4. The Bertz CT molecular complexity index is 886. The summed E-state index contributed by atoms with van der Waals surface area (Å²) in [6.07, 6.45) is 5.72. The lowest BCUT2D eigenvalue weighted by molar-refractivity contribution is -0.149. The van der Waals surface area contributed by atoms with Crippen molar-refractivity contribution >= 4 is 29.4 Å². The van der Waals surface area contributed by atoms with E-state index in [1.807, 2.05) is 4.90 Å². The van der Waals surface area contributed by atoms with Gasteiger partial charge in [0.2, 0.25) is 5.95 Å². The first-order chi connectivity index (χ1) is 14.5. The summed E-state index contributed by atoms with van der Waals surface area (Å²) in [5.74, 6) is -0.560. The van der Waals surface area contributed by atoms with E-state index in [1.54, 1.807) is 56.8 Å². The quantitative estimate of drug-likeness (QED) is 0.722. The second-order valence-electron chi connectivity index (χ2n) is 7.19. The van der Waals surface area contributed by atoms with Gasteiger partial charge in [-0.15, -0.1) is 0 Å². The molecular weight excluding hydrogens is 386 g/mol. The lowest BCUT2D eigenvalue weighted by atomic mass is 10.0. The van der Waals surface area contributed by atoms with Gasteiger partial charge in [0, 0.05) is 44.3 Å². The lowest BCUT2D eigenvalue weighted by Crippen LogP contribution is -2.47. The van der Waals surface area contributed by atoms with Crippen LogP contribution in [-0.2, 0) is 14.3 Å². The number of piperidine rings is 1. The van der Waals surface area contributed by atoms with Crippen LogP contribution >= 0.6 is 0 Å². The molecule has 9 heteroatoms. The average molecular weight is 411 g/mol. The maximum absolute atomic E-state index is 12.6. The van der Waals surface area contributed by atoms with Crippen molar-refractivity contribution in [2.24, 2.45) is 0 Å². The molecule has 1 atom stereocenters. The predicted molar refractivity (Wildman–Crippen MR) is 111 cm³/mol. The number of anilines is 2. The SMILES string of the molecule is CN(C)C(=O)c1ccc(NC(=O)COC(=O)C2CCCCN2c2ncccn2)cc1. The van der Waals surface area contributed by atoms with E-state index in [9.17, 15) is 14.4 Å². The highest BCUT2D eigenvalue weighted by molar-refractivity contribution is 5.96. The number of carbonyl (C=O) groups excluding carboxylic acids is 3. The highest BCUT2D eigenvalue weighted by atomic mass is 16.5. The minimum atomic E-state index is -0.509. The molecule has 1 aliphatic rings. The number of carbonyl (C=O) groups is 3. The van der Waals surface area contributed by atoms with Gasteiger partial charge in [-0.25, -0.2) is 14.8 Å². The van der Waals surface area contributed by atoms with Crippen LogP contribution < -0.4 is 10.2 Å². The summed E-state index contributed by atoms with van der Waals surface area (Å²) < 4.78 is 5.25. The van der Waals surface area contributed by atoms with Crippen molar-refractivity contribution in [3.05, 3.63) is 48.3 Å². The van der Waals surface area contributed by atoms with Gasteiger partial charge in [-0.05, 0) is 49.6 Å². The lowest BCUT2D eigenvalue weighted by Gasteiger charge is -2.33. The maximum Gasteiger partial charge on any atom is 0.329 e. The Balaban J connectivity index is 1.53. The zero-order valence-corrected chi connectivity index (χ0v) is 17.1. The first-order valence-corrected chi connectivity index (χ1v) is 9.77. The second kappa shape index (κ2) is 9.82. The van der Waals surface area contributed by atoms with Crippen molar-refractivity contribution in [1.29, 1.82) is 0 Å². The van der Waals surface area contributed by atoms with Crippen LogP contribution in [0.4, 0.5) is 11.6 Å². The minimum absolute atomic E-state index is 0.124. The van der Waals surface area contributed by atoms with Crippen molar-refractivity contribution in [2.75, 3.05) is 37.5 Å². The van der Waals surface area contributed by atoms with Gasteiger partial charge in [0.25, 0.3) is 11.8 Å². The van der Waals surface area contributed by atoms with Crippen LogP contribution in [0.15, 0.2) is 42.7 Å². The largest absolute Gasteiger partial charge is 0.454 e. The predicted octanol–water partition coefficient (Wildman–Crippen LogP) is 1.72. The molecule has 1 fully saturated rings. The summed E-state index contributed by atoms with van der Waals surface area (Å²) in [7, 11) is 3.34. The average Bonchev–Trinajstić information content (AvgIpc) is 2.78. The molecule has 30 heavy (non-hydrogen) atoms. The molecule has 1 saturated heterocycles. The first kappa shape index (κ1) is 21.2. The van der Waals surface area contributed by atoms with E-state index in [-0.39, 0.29) is 5.91 Å². The topological polar surface area (TPSA) is 105 Å². The van der Waals surface area contributed by atoms with Crippen LogP contribution in [0.25, 0.3) is 0 Å². The van der Waals surface area contributed by atoms with E-state index >= 15 is 0 Å². The Morgan fingerprint density at radius 1 is 1.13 bits per heavy atom. The molecule has 3 rings (SSSR count). The third-order valence-corrected chi connectivity index (χ3v) is 4.75. The van der Waals surface area contributed by atoms with Crippen LogP contribution in [0.2, 0.25) is 0 Å². The van der Waals surface area contributed by atoms with Crippen LogP contribution in [-0.4, -0.2) is 65.9 Å². The van der Waals surface area contributed by atoms with Crippen LogP contribution in [0, 0.1) is 0 Å². The van der Waals surface area contributed by atoms with Gasteiger partial charge in [0.1, 0.15) is 6.04 Å². The normalized spacial score (nSPS) is 15.9. The molecule has 0 spiro atoms. The molecular formula is C21H25N5O4. The van der Waals surface area contributed by atoms with E-state index in [1.165, 1.54) is 4.90 Å². The van der Waals surface area contributed by atoms with Gasteiger partial charge in [-0.3, -0.25) is 9.59 Å². The van der Waals surface area contributed by atoms with E-state index < -0.39 is 24.5 Å². The fourth-order valence-electron chi connectivity index (χ4n) is 3.24. The summed E-state index contributed by atoms with van der Waals surface area (Å²) in [5.41, 5.74) is 1.04. The number of hydrogen-bond acceptors (Lipinski definition) is 7. The minimum Gasteiger partial charge on any atom is -0.454 e. The van der Waals surface area contributed by atoms with Crippen LogP contribution in [0.1, 0.15) is 29.6 Å². The van der Waals surface area contributed by atoms with E-state index in [2.05, 4.69) is 15.3 Å². The maximum atomic E-state index is 12.6. The highest BCUT2D eigenvalue weighted by Crippen LogP contribution is 2.22. The van der Waals surface area contributed by atoms with Gasteiger partial charge in [0.05, 0.1) is 0 Å². The Labute approximate surface area is 175 Å². The van der Waals surface area contributed by atoms with Crippen molar-refractivity contribution in [3.8, 4) is 0 Å². The zero-order chi connectivity index (χ0) is 21.5. The number of esters is 1. The van der Waals surface area contributed by atoms with E-state index in [0.29, 0.717) is 30.2 Å². The van der Waals surface area contributed by atoms with Gasteiger partial charge < -0.3 is 19.9 Å². The molecule has 1 aromatic heterocycles. The number of ether oxygens (including phenoxy) is 1. The molecule has 9 nitrogen and oxygen atoms in total. The van der Waals surface area contributed by atoms with Crippen molar-refractivity contribution in [1.82, 2.24) is 14.9 Å². The number of benzene rings is 1. The molecule has 1 aromatic carbocycles. The van der Waals surface area contributed by atoms with Gasteiger partial charge in [-0.1, -0.05) is 0 Å². The fraction of sp³-hybridized carbons (Fsp3) is 0.381. The first-order valence-electron chi connectivity index (χ1n) is 9.77. The summed E-state index contributed by atoms with van der Waals surface area (Å²) in [6.45, 7) is 0.269. The number of rotatable bonds is 6. The van der Waals surface area contributed by atoms with Crippen LogP contribution in [0.5, 0.6) is 0 Å². The Morgan fingerprint density at radius 2 is 1.83 bits per heavy atom. The molecule has 0 bridgehead atoms. The monoisotopic (exact) mass is 411 g/mol. The molecule has 2 heterocycles. The number of aromatic nitrogens is 2. The Morgan fingerprint density at radius 3 is 2.50 bits per heavy atom. The van der Waals surface area contributed by atoms with Gasteiger partial charge in [0.15, 0.2) is 6.61 Å². The molecule has 1 unspecified atom stereocenters. The molecule has 2 amide bonds. The number of nitrogens with one attached hydrogen (secondary N) is 1. The van der Waals surface area contributed by atoms with Gasteiger partial charge in [-0.2, -0.15) is 0 Å². The van der Waals surface area contributed by atoms with E-state index in [0.717, 1.165) is 12.8 Å².